The molecular weight excluding hydrogens is 272 g/mol. The molecule has 122 valence electrons. The summed E-state index contributed by atoms with van der Waals surface area (Å²) in [6.07, 6.45) is 1.30. The Morgan fingerprint density at radius 3 is 1.81 bits per heavy atom. The molecule has 6 nitrogen and oxygen atoms in total. The third-order valence-electron chi connectivity index (χ3n) is 3.05. The Labute approximate surface area is 126 Å². The molecule has 0 saturated carbocycles. The van der Waals surface area contributed by atoms with E-state index in [1.54, 1.807) is 4.90 Å². The molecule has 21 heavy (non-hydrogen) atoms. The first-order valence-corrected chi connectivity index (χ1v) is 7.53. The van der Waals surface area contributed by atoms with Crippen LogP contribution >= 0.6 is 0 Å². The van der Waals surface area contributed by atoms with Gasteiger partial charge in [-0.15, -0.1) is 0 Å². The van der Waals surface area contributed by atoms with Gasteiger partial charge in [-0.25, -0.2) is 4.79 Å². The highest BCUT2D eigenvalue weighted by Gasteiger charge is 2.17. The van der Waals surface area contributed by atoms with Gasteiger partial charge >= 0.3 is 12.0 Å². The molecule has 0 aliphatic rings. The standard InChI is InChI=1S/C15H28N2O4/c1-11(2)7-9-17(10-8-12(3)4)15(21)16-13(18)5-6-14(19)20/h11-12H,5-10H2,1-4H3,(H,19,20)(H,16,18,21). The predicted octanol–water partition coefficient (Wildman–Crippen LogP) is 2.48. The van der Waals surface area contributed by atoms with Crippen LogP contribution in [0.25, 0.3) is 0 Å². The predicted molar refractivity (Wildman–Crippen MR) is 80.9 cm³/mol. The summed E-state index contributed by atoms with van der Waals surface area (Å²) in [5, 5.41) is 10.8. The summed E-state index contributed by atoms with van der Waals surface area (Å²) < 4.78 is 0. The molecule has 0 aromatic carbocycles. The summed E-state index contributed by atoms with van der Waals surface area (Å²) in [6, 6.07) is -0.424. The molecule has 0 radical (unpaired) electrons. The van der Waals surface area contributed by atoms with Crippen molar-refractivity contribution in [3.05, 3.63) is 0 Å². The minimum Gasteiger partial charge on any atom is -0.481 e. The number of carboxylic acid groups (broad SMARTS) is 1. The monoisotopic (exact) mass is 300 g/mol. The van der Waals surface area contributed by atoms with Crippen LogP contribution in [0, 0.1) is 11.8 Å². The highest BCUT2D eigenvalue weighted by molar-refractivity contribution is 5.95. The van der Waals surface area contributed by atoms with Crippen LogP contribution < -0.4 is 5.32 Å². The fraction of sp³-hybridized carbons (Fsp3) is 0.800. The Morgan fingerprint density at radius 2 is 1.43 bits per heavy atom. The Hall–Kier alpha value is -1.59. The van der Waals surface area contributed by atoms with E-state index in [2.05, 4.69) is 33.0 Å². The van der Waals surface area contributed by atoms with Gasteiger partial charge in [0, 0.05) is 19.5 Å². The molecule has 0 aromatic heterocycles. The molecule has 0 atom stereocenters. The molecule has 3 amide bonds. The fourth-order valence-electron chi connectivity index (χ4n) is 1.62. The number of urea groups is 1. The molecule has 0 spiro atoms. The van der Waals surface area contributed by atoms with Gasteiger partial charge in [0.05, 0.1) is 6.42 Å². The third-order valence-corrected chi connectivity index (χ3v) is 3.05. The maximum absolute atomic E-state index is 12.1. The number of hydrogen-bond acceptors (Lipinski definition) is 3. The van der Waals surface area contributed by atoms with Crippen LogP contribution in [-0.2, 0) is 9.59 Å². The Balaban J connectivity index is 4.40. The van der Waals surface area contributed by atoms with Crippen molar-refractivity contribution >= 4 is 17.9 Å². The molecule has 0 fully saturated rings. The van der Waals surface area contributed by atoms with E-state index in [9.17, 15) is 14.4 Å². The largest absolute Gasteiger partial charge is 0.481 e. The highest BCUT2D eigenvalue weighted by atomic mass is 16.4. The SMILES string of the molecule is CC(C)CCN(CCC(C)C)C(=O)NC(=O)CCC(=O)O. The molecule has 2 N–H and O–H groups in total. The molecule has 6 heteroatoms. The lowest BCUT2D eigenvalue weighted by Gasteiger charge is -2.24. The first-order chi connectivity index (χ1) is 9.72. The van der Waals surface area contributed by atoms with Gasteiger partial charge in [0.25, 0.3) is 0 Å². The number of carboxylic acids is 1. The minimum absolute atomic E-state index is 0.177. The first-order valence-electron chi connectivity index (χ1n) is 7.53. The van der Waals surface area contributed by atoms with Crippen molar-refractivity contribution in [3.63, 3.8) is 0 Å². The normalized spacial score (nSPS) is 10.8. The van der Waals surface area contributed by atoms with Crippen molar-refractivity contribution in [2.24, 2.45) is 11.8 Å². The zero-order valence-electron chi connectivity index (χ0n) is 13.5. The van der Waals surface area contributed by atoms with E-state index in [1.165, 1.54) is 0 Å². The quantitative estimate of drug-likeness (QED) is 0.685. The van der Waals surface area contributed by atoms with E-state index in [-0.39, 0.29) is 12.8 Å². The van der Waals surface area contributed by atoms with Crippen LogP contribution in [-0.4, -0.2) is 41.0 Å². The van der Waals surface area contributed by atoms with E-state index in [4.69, 9.17) is 5.11 Å². The zero-order chi connectivity index (χ0) is 16.4. The van der Waals surface area contributed by atoms with Crippen molar-refractivity contribution < 1.29 is 19.5 Å². The molecule has 0 aliphatic carbocycles. The number of aliphatic carboxylic acids is 1. The minimum atomic E-state index is -1.05. The maximum Gasteiger partial charge on any atom is 0.324 e. The van der Waals surface area contributed by atoms with E-state index in [1.807, 2.05) is 0 Å². The van der Waals surface area contributed by atoms with Gasteiger partial charge in [0.2, 0.25) is 5.91 Å². The smallest absolute Gasteiger partial charge is 0.324 e. The summed E-state index contributed by atoms with van der Waals surface area (Å²) >= 11 is 0. The number of nitrogens with zero attached hydrogens (tertiary/aromatic N) is 1. The van der Waals surface area contributed by atoms with Gasteiger partial charge in [-0.1, -0.05) is 27.7 Å². The van der Waals surface area contributed by atoms with Gasteiger partial charge in [-0.2, -0.15) is 0 Å². The van der Waals surface area contributed by atoms with Gasteiger partial charge in [0.1, 0.15) is 0 Å². The van der Waals surface area contributed by atoms with E-state index >= 15 is 0 Å². The van der Waals surface area contributed by atoms with E-state index < -0.39 is 17.9 Å². The lowest BCUT2D eigenvalue weighted by atomic mass is 10.1. The van der Waals surface area contributed by atoms with E-state index in [0.29, 0.717) is 24.9 Å². The second-order valence-corrected chi connectivity index (χ2v) is 6.10. The number of rotatable bonds is 9. The third kappa shape index (κ3) is 10.8. The van der Waals surface area contributed by atoms with Crippen LogP contribution in [0.15, 0.2) is 0 Å². The maximum atomic E-state index is 12.1. The Bertz CT molecular complexity index is 342. The molecule has 0 saturated heterocycles. The van der Waals surface area contributed by atoms with Gasteiger partial charge < -0.3 is 10.0 Å². The average Bonchev–Trinajstić information content (AvgIpc) is 2.35. The summed E-state index contributed by atoms with van der Waals surface area (Å²) in [5.74, 6) is -0.639. The van der Waals surface area contributed by atoms with Crippen molar-refractivity contribution in [2.75, 3.05) is 13.1 Å². The second-order valence-electron chi connectivity index (χ2n) is 6.10. The molecule has 0 aromatic rings. The summed E-state index contributed by atoms with van der Waals surface area (Å²) in [6.45, 7) is 9.52. The van der Waals surface area contributed by atoms with Crippen molar-refractivity contribution in [1.82, 2.24) is 10.2 Å². The van der Waals surface area contributed by atoms with Crippen LogP contribution in [0.3, 0.4) is 0 Å². The number of imide groups is 1. The van der Waals surface area contributed by atoms with Crippen LogP contribution in [0.4, 0.5) is 4.79 Å². The number of carbonyl (C=O) groups excluding carboxylic acids is 2. The van der Waals surface area contributed by atoms with Crippen LogP contribution in [0.2, 0.25) is 0 Å². The van der Waals surface area contributed by atoms with Gasteiger partial charge in [-0.3, -0.25) is 14.9 Å². The van der Waals surface area contributed by atoms with Crippen molar-refractivity contribution in [2.45, 2.75) is 53.4 Å². The Kier molecular flexibility index (Phi) is 9.41. The summed E-state index contributed by atoms with van der Waals surface area (Å²) in [4.78, 5) is 35.6. The topological polar surface area (TPSA) is 86.7 Å². The number of nitrogens with one attached hydrogen (secondary N) is 1. The number of carbonyl (C=O) groups is 3. The highest BCUT2D eigenvalue weighted by Crippen LogP contribution is 2.07. The summed E-state index contributed by atoms with van der Waals surface area (Å²) in [5.41, 5.74) is 0. The first kappa shape index (κ1) is 19.4. The molecule has 0 bridgehead atoms. The van der Waals surface area contributed by atoms with Gasteiger partial charge in [-0.05, 0) is 24.7 Å². The Morgan fingerprint density at radius 1 is 0.952 bits per heavy atom. The van der Waals surface area contributed by atoms with Crippen molar-refractivity contribution in [3.8, 4) is 0 Å². The lowest BCUT2D eigenvalue weighted by molar-refractivity contribution is -0.138. The van der Waals surface area contributed by atoms with E-state index in [0.717, 1.165) is 12.8 Å². The number of hydrogen-bond donors (Lipinski definition) is 2. The van der Waals surface area contributed by atoms with Gasteiger partial charge in [0.15, 0.2) is 0 Å². The molecule has 0 unspecified atom stereocenters. The van der Waals surface area contributed by atoms with Crippen LogP contribution in [0.5, 0.6) is 0 Å². The average molecular weight is 300 g/mol. The number of amides is 3. The van der Waals surface area contributed by atoms with Crippen LogP contribution in [0.1, 0.15) is 53.4 Å². The summed E-state index contributed by atoms with van der Waals surface area (Å²) in [7, 11) is 0. The molecule has 0 heterocycles. The second kappa shape index (κ2) is 10.2. The molecular formula is C15H28N2O4. The molecule has 0 rings (SSSR count). The van der Waals surface area contributed by atoms with Crippen molar-refractivity contribution in [1.29, 1.82) is 0 Å². The lowest BCUT2D eigenvalue weighted by Crippen LogP contribution is -2.44. The molecule has 0 aliphatic heterocycles. The zero-order valence-corrected chi connectivity index (χ0v) is 13.5. The fourth-order valence-corrected chi connectivity index (χ4v) is 1.62.